The van der Waals surface area contributed by atoms with E-state index < -0.39 is 23.1 Å². The molecule has 2 fully saturated rings. The molecule has 1 aromatic rings. The topological polar surface area (TPSA) is 0 Å². The van der Waals surface area contributed by atoms with Crippen LogP contribution in [-0.2, 0) is 5.92 Å². The molecule has 0 N–H and O–H groups in total. The summed E-state index contributed by atoms with van der Waals surface area (Å²) < 4.78 is 55.1. The summed E-state index contributed by atoms with van der Waals surface area (Å²) >= 11 is 0. The lowest BCUT2D eigenvalue weighted by atomic mass is 9.68. The van der Waals surface area contributed by atoms with Gasteiger partial charge in [0.1, 0.15) is 11.6 Å². The Morgan fingerprint density at radius 2 is 1.36 bits per heavy atom. The van der Waals surface area contributed by atoms with Crippen LogP contribution in [0.3, 0.4) is 0 Å². The van der Waals surface area contributed by atoms with Crippen molar-refractivity contribution in [3.63, 3.8) is 0 Å². The first-order valence-corrected chi connectivity index (χ1v) is 11.2. The molecule has 0 radical (unpaired) electrons. The quantitative estimate of drug-likeness (QED) is 0.422. The fourth-order valence-electron chi connectivity index (χ4n) is 5.61. The second kappa shape index (κ2) is 9.17. The van der Waals surface area contributed by atoms with Gasteiger partial charge in [-0.3, -0.25) is 0 Å². The molecule has 2 saturated carbocycles. The number of hydrogen-bond acceptors (Lipinski definition) is 0. The largest absolute Gasteiger partial charge is 0.276 e. The molecule has 0 spiro atoms. The molecular formula is C24H34F4. The molecule has 3 rings (SSSR count). The molecule has 2 aliphatic carbocycles. The van der Waals surface area contributed by atoms with Gasteiger partial charge in [-0.1, -0.05) is 39.0 Å². The molecule has 0 atom stereocenters. The zero-order valence-corrected chi connectivity index (χ0v) is 17.3. The number of unbranched alkanes of at least 4 members (excludes halogenated alkanes) is 1. The second-order valence-corrected chi connectivity index (χ2v) is 9.28. The van der Waals surface area contributed by atoms with Crippen molar-refractivity contribution in [2.75, 3.05) is 0 Å². The van der Waals surface area contributed by atoms with Crippen molar-refractivity contribution in [1.82, 2.24) is 0 Å². The van der Waals surface area contributed by atoms with Crippen molar-refractivity contribution in [2.24, 2.45) is 17.8 Å². The van der Waals surface area contributed by atoms with Gasteiger partial charge in [0.25, 0.3) is 5.92 Å². The molecule has 0 heterocycles. The van der Waals surface area contributed by atoms with Crippen molar-refractivity contribution < 1.29 is 17.6 Å². The summed E-state index contributed by atoms with van der Waals surface area (Å²) in [6.07, 6.45) is 13.3. The van der Waals surface area contributed by atoms with Crippen LogP contribution in [0.4, 0.5) is 17.6 Å². The Hall–Kier alpha value is -1.06. The molecule has 0 aliphatic heterocycles. The van der Waals surface area contributed by atoms with Crippen LogP contribution in [0.15, 0.2) is 12.1 Å². The van der Waals surface area contributed by atoms with Crippen LogP contribution in [0.2, 0.25) is 0 Å². The van der Waals surface area contributed by atoms with Crippen LogP contribution in [0.1, 0.15) is 102 Å². The summed E-state index contributed by atoms with van der Waals surface area (Å²) in [6.45, 7) is 2.79. The minimum Gasteiger partial charge on any atom is -0.206 e. The predicted octanol–water partition coefficient (Wildman–Crippen LogP) is 8.35. The van der Waals surface area contributed by atoms with Gasteiger partial charge in [0.15, 0.2) is 0 Å². The van der Waals surface area contributed by atoms with Crippen molar-refractivity contribution in [1.29, 1.82) is 0 Å². The Labute approximate surface area is 167 Å². The fraction of sp³-hybridized carbons (Fsp3) is 0.750. The highest BCUT2D eigenvalue weighted by Crippen LogP contribution is 2.45. The Morgan fingerprint density at radius 3 is 1.82 bits per heavy atom. The number of alkyl halides is 2. The van der Waals surface area contributed by atoms with Gasteiger partial charge in [-0.25, -0.2) is 17.6 Å². The fourth-order valence-corrected chi connectivity index (χ4v) is 5.61. The van der Waals surface area contributed by atoms with E-state index in [1.54, 1.807) is 0 Å². The molecule has 1 aromatic carbocycles. The van der Waals surface area contributed by atoms with Gasteiger partial charge in [0, 0.05) is 6.92 Å². The molecule has 4 heteroatoms. The first kappa shape index (κ1) is 21.6. The average Bonchev–Trinajstić information content (AvgIpc) is 2.65. The summed E-state index contributed by atoms with van der Waals surface area (Å²) in [6, 6.07) is 2.28. The van der Waals surface area contributed by atoms with Gasteiger partial charge < -0.3 is 0 Å². The monoisotopic (exact) mass is 398 g/mol. The highest BCUT2D eigenvalue weighted by molar-refractivity contribution is 5.31. The zero-order chi connectivity index (χ0) is 20.3. The predicted molar refractivity (Wildman–Crippen MR) is 106 cm³/mol. The summed E-state index contributed by atoms with van der Waals surface area (Å²) in [5.74, 6) is -3.22. The lowest BCUT2D eigenvalue weighted by Gasteiger charge is -2.38. The lowest BCUT2D eigenvalue weighted by Crippen LogP contribution is -2.25. The Morgan fingerprint density at radius 1 is 0.857 bits per heavy atom. The zero-order valence-electron chi connectivity index (χ0n) is 17.3. The standard InChI is InChI=1S/C24H34F4/c1-3-4-5-16-6-8-17(9-7-16)18-10-12-19(13-11-18)20-14-21(25)23(22(26)15-20)24(2,27)28/h14-19H,3-13H2,1-2H3/t16-,17-,18?,19?. The van der Waals surface area contributed by atoms with Gasteiger partial charge in [-0.2, -0.15) is 0 Å². The minimum atomic E-state index is -3.50. The number of halogens is 4. The first-order valence-electron chi connectivity index (χ1n) is 11.2. The molecular weight excluding hydrogens is 364 g/mol. The smallest absolute Gasteiger partial charge is 0.206 e. The second-order valence-electron chi connectivity index (χ2n) is 9.28. The molecule has 158 valence electrons. The highest BCUT2D eigenvalue weighted by atomic mass is 19.3. The molecule has 0 unspecified atom stereocenters. The van der Waals surface area contributed by atoms with Crippen LogP contribution >= 0.6 is 0 Å². The average molecular weight is 399 g/mol. The Kier molecular flexibility index (Phi) is 7.09. The van der Waals surface area contributed by atoms with E-state index in [0.717, 1.165) is 55.6 Å². The van der Waals surface area contributed by atoms with E-state index in [2.05, 4.69) is 6.92 Å². The SMILES string of the molecule is CCCC[C@H]1CC[C@H](C2CCC(c3cc(F)c(C(C)(F)F)c(F)c3)CC2)CC1. The van der Waals surface area contributed by atoms with Crippen molar-refractivity contribution in [3.05, 3.63) is 34.9 Å². The van der Waals surface area contributed by atoms with E-state index in [1.807, 2.05) is 0 Å². The van der Waals surface area contributed by atoms with E-state index in [1.165, 1.54) is 44.9 Å². The molecule has 2 aliphatic rings. The summed E-state index contributed by atoms with van der Waals surface area (Å²) in [4.78, 5) is 0. The van der Waals surface area contributed by atoms with Crippen LogP contribution in [0.25, 0.3) is 0 Å². The van der Waals surface area contributed by atoms with Crippen molar-refractivity contribution >= 4 is 0 Å². The number of rotatable bonds is 6. The summed E-state index contributed by atoms with van der Waals surface area (Å²) in [5, 5.41) is 0. The maximum atomic E-state index is 14.1. The van der Waals surface area contributed by atoms with Gasteiger partial charge in [-0.05, 0) is 79.9 Å². The summed E-state index contributed by atoms with van der Waals surface area (Å²) in [7, 11) is 0. The molecule has 0 saturated heterocycles. The lowest BCUT2D eigenvalue weighted by molar-refractivity contribution is 0.00978. The van der Waals surface area contributed by atoms with Gasteiger partial charge in [0.2, 0.25) is 0 Å². The van der Waals surface area contributed by atoms with Crippen LogP contribution in [0, 0.1) is 29.4 Å². The third kappa shape index (κ3) is 5.10. The van der Waals surface area contributed by atoms with Gasteiger partial charge >= 0.3 is 0 Å². The molecule has 0 nitrogen and oxygen atoms in total. The van der Waals surface area contributed by atoms with E-state index in [-0.39, 0.29) is 5.92 Å². The molecule has 0 aromatic heterocycles. The van der Waals surface area contributed by atoms with E-state index in [9.17, 15) is 17.6 Å². The number of hydrogen-bond donors (Lipinski definition) is 0. The van der Waals surface area contributed by atoms with E-state index >= 15 is 0 Å². The molecule has 28 heavy (non-hydrogen) atoms. The first-order chi connectivity index (χ1) is 13.3. The van der Waals surface area contributed by atoms with Gasteiger partial charge in [-0.15, -0.1) is 0 Å². The number of benzene rings is 1. The van der Waals surface area contributed by atoms with Gasteiger partial charge in [0.05, 0.1) is 5.56 Å². The Bertz CT molecular complexity index is 609. The van der Waals surface area contributed by atoms with Crippen LogP contribution in [0.5, 0.6) is 0 Å². The minimum absolute atomic E-state index is 0.0840. The van der Waals surface area contributed by atoms with E-state index in [4.69, 9.17) is 0 Å². The normalized spacial score (nSPS) is 29.1. The van der Waals surface area contributed by atoms with Crippen molar-refractivity contribution in [3.8, 4) is 0 Å². The molecule has 0 amide bonds. The maximum absolute atomic E-state index is 14.1. The van der Waals surface area contributed by atoms with Crippen molar-refractivity contribution in [2.45, 2.75) is 96.3 Å². The van der Waals surface area contributed by atoms with E-state index in [0.29, 0.717) is 12.5 Å². The maximum Gasteiger partial charge on any atom is 0.276 e. The third-order valence-corrected chi connectivity index (χ3v) is 7.27. The van der Waals surface area contributed by atoms with Crippen LogP contribution < -0.4 is 0 Å². The molecule has 0 bridgehead atoms. The Balaban J connectivity index is 1.55. The highest BCUT2D eigenvalue weighted by Gasteiger charge is 2.35. The third-order valence-electron chi connectivity index (χ3n) is 7.27. The summed E-state index contributed by atoms with van der Waals surface area (Å²) in [5.41, 5.74) is -0.561. The van der Waals surface area contributed by atoms with Crippen LogP contribution in [-0.4, -0.2) is 0 Å².